The molecule has 0 aliphatic carbocycles. The molecule has 0 radical (unpaired) electrons. The number of hydrogen-bond acceptors (Lipinski definition) is 11. The summed E-state index contributed by atoms with van der Waals surface area (Å²) in [6.45, 7) is 6.58. The molecule has 65 heavy (non-hydrogen) atoms. The molecule has 1 atom stereocenters. The topological polar surface area (TPSA) is 156 Å². The van der Waals surface area contributed by atoms with Crippen LogP contribution in [0.25, 0.3) is 11.0 Å². The largest absolute Gasteiger partial charge is 0.457 e. The second-order valence-corrected chi connectivity index (χ2v) is 17.5. The summed E-state index contributed by atoms with van der Waals surface area (Å²) in [5, 5.41) is 6.28. The van der Waals surface area contributed by atoms with Crippen molar-refractivity contribution >= 4 is 69.0 Å². The van der Waals surface area contributed by atoms with E-state index in [0.717, 1.165) is 76.3 Å². The number of nitrogens with one attached hydrogen (secondary N) is 3. The first kappa shape index (κ1) is 42.1. The minimum Gasteiger partial charge on any atom is -0.457 e. The SMILES string of the molecule is O=C1CCC(N2Cc3cc(N4CCN(CCC5CCN(c6ccc(Nc7ncnc8[nH]cc(C(=O)c9ccc(Oc%10ccccc%10)cc9Cl)c78)cc6F)CC5)CC4)ccc3C2=O)C(=O)N1. The van der Waals surface area contributed by atoms with Crippen LogP contribution in [0, 0.1) is 11.7 Å². The molecule has 4 aromatic carbocycles. The van der Waals surface area contributed by atoms with E-state index in [2.05, 4.69) is 46.4 Å². The summed E-state index contributed by atoms with van der Waals surface area (Å²) in [6.07, 6.45) is 6.61. The zero-order valence-corrected chi connectivity index (χ0v) is 36.3. The van der Waals surface area contributed by atoms with Crippen LogP contribution in [0.3, 0.4) is 0 Å². The number of nitrogens with zero attached hydrogens (tertiary/aromatic N) is 6. The highest BCUT2D eigenvalue weighted by atomic mass is 35.5. The van der Waals surface area contributed by atoms with Crippen LogP contribution >= 0.6 is 11.6 Å². The first-order chi connectivity index (χ1) is 31.6. The van der Waals surface area contributed by atoms with Gasteiger partial charge in [0.05, 0.1) is 21.7 Å². The molecule has 0 bridgehead atoms. The number of fused-ring (bicyclic) bond motifs is 2. The van der Waals surface area contributed by atoms with Crippen LogP contribution < -0.4 is 25.2 Å². The van der Waals surface area contributed by atoms with E-state index in [1.807, 2.05) is 48.5 Å². The van der Waals surface area contributed by atoms with Crippen LogP contribution in [0.15, 0.2) is 97.5 Å². The monoisotopic (exact) mass is 895 g/mol. The van der Waals surface area contributed by atoms with Gasteiger partial charge >= 0.3 is 0 Å². The lowest BCUT2D eigenvalue weighted by atomic mass is 9.93. The molecular weight excluding hydrogens is 849 g/mol. The molecule has 4 aliphatic heterocycles. The molecule has 4 aliphatic rings. The molecule has 3 saturated heterocycles. The number of amides is 3. The highest BCUT2D eigenvalue weighted by Gasteiger charge is 2.39. The van der Waals surface area contributed by atoms with E-state index in [1.165, 1.54) is 12.4 Å². The Hall–Kier alpha value is -6.84. The number of carbonyl (C=O) groups excluding carboxylic acids is 4. The maximum absolute atomic E-state index is 15.8. The lowest BCUT2D eigenvalue weighted by Crippen LogP contribution is -2.52. The minimum absolute atomic E-state index is 0.155. The Bertz CT molecular complexity index is 2810. The number of rotatable bonds is 12. The number of imide groups is 1. The Morgan fingerprint density at radius 2 is 1.66 bits per heavy atom. The van der Waals surface area contributed by atoms with Crippen molar-refractivity contribution in [3.8, 4) is 11.5 Å². The van der Waals surface area contributed by atoms with Crippen molar-refractivity contribution in [3.63, 3.8) is 0 Å². The van der Waals surface area contributed by atoms with Gasteiger partial charge in [0.2, 0.25) is 11.8 Å². The lowest BCUT2D eigenvalue weighted by molar-refractivity contribution is -0.136. The molecular formula is C49H47ClFN9O5. The van der Waals surface area contributed by atoms with E-state index in [0.29, 0.717) is 69.7 Å². The lowest BCUT2D eigenvalue weighted by Gasteiger charge is -2.38. The van der Waals surface area contributed by atoms with Crippen molar-refractivity contribution < 1.29 is 28.3 Å². The van der Waals surface area contributed by atoms with Gasteiger partial charge in [-0.1, -0.05) is 29.8 Å². The van der Waals surface area contributed by atoms with Gasteiger partial charge < -0.3 is 29.7 Å². The molecule has 0 spiro atoms. The number of anilines is 4. The molecule has 6 aromatic rings. The van der Waals surface area contributed by atoms with Crippen LogP contribution in [0.1, 0.15) is 63.9 Å². The van der Waals surface area contributed by atoms with E-state index in [-0.39, 0.29) is 40.4 Å². The number of para-hydroxylation sites is 1. The second kappa shape index (κ2) is 18.0. The third-order valence-electron chi connectivity index (χ3n) is 13.1. The molecule has 16 heteroatoms. The van der Waals surface area contributed by atoms with E-state index in [1.54, 1.807) is 35.4 Å². The van der Waals surface area contributed by atoms with Gasteiger partial charge in [-0.15, -0.1) is 0 Å². The Balaban J connectivity index is 0.706. The molecule has 10 rings (SSSR count). The molecule has 3 amide bonds. The van der Waals surface area contributed by atoms with Gasteiger partial charge in [-0.3, -0.25) is 29.4 Å². The van der Waals surface area contributed by atoms with Crippen LogP contribution in [-0.4, -0.2) is 100 Å². The minimum atomic E-state index is -0.619. The highest BCUT2D eigenvalue weighted by Crippen LogP contribution is 2.35. The standard InChI is InChI=1S/C49H47ClFN9O5/c50-39-26-35(65-34-4-2-1-3-5-34)8-10-37(39)45(62)38-27-52-46-44(38)47(54-29-53-46)55-32-6-11-41(40(51)25-32)59-18-15-30(16-19-59)14-17-57-20-22-58(23-21-57)33-7-9-36-31(24-33)28-60(49(36)64)42-12-13-43(61)56-48(42)63/h1-11,24-27,29-30,42H,12-23,28H2,(H,56,61,63)(H2,52,53,54,55). The number of H-pyrrole nitrogens is 1. The van der Waals surface area contributed by atoms with Crippen molar-refractivity contribution in [2.24, 2.45) is 5.92 Å². The average Bonchev–Trinajstić information content (AvgIpc) is 3.90. The Kier molecular flexibility index (Phi) is 11.6. The summed E-state index contributed by atoms with van der Waals surface area (Å²) in [5.74, 6) is 0.555. The van der Waals surface area contributed by atoms with Crippen LogP contribution in [-0.2, 0) is 16.1 Å². The summed E-state index contributed by atoms with van der Waals surface area (Å²) < 4.78 is 21.7. The third kappa shape index (κ3) is 8.73. The van der Waals surface area contributed by atoms with Crippen molar-refractivity contribution in [2.75, 3.05) is 60.9 Å². The average molecular weight is 896 g/mol. The van der Waals surface area contributed by atoms with Gasteiger partial charge in [-0.2, -0.15) is 0 Å². The fourth-order valence-electron chi connectivity index (χ4n) is 9.54. The molecule has 1 unspecified atom stereocenters. The first-order valence-electron chi connectivity index (χ1n) is 22.1. The highest BCUT2D eigenvalue weighted by molar-refractivity contribution is 6.36. The first-order valence-corrected chi connectivity index (χ1v) is 22.5. The van der Waals surface area contributed by atoms with E-state index in [9.17, 15) is 19.2 Å². The molecule has 6 heterocycles. The second-order valence-electron chi connectivity index (χ2n) is 17.1. The number of carbonyl (C=O) groups is 4. The zero-order chi connectivity index (χ0) is 44.6. The third-order valence-corrected chi connectivity index (χ3v) is 13.5. The van der Waals surface area contributed by atoms with Gasteiger partial charge in [-0.05, 0) is 104 Å². The normalized spacial score (nSPS) is 18.3. The molecule has 3 N–H and O–H groups in total. The summed E-state index contributed by atoms with van der Waals surface area (Å²) in [6, 6.07) is 24.6. The number of ether oxygens (including phenoxy) is 1. The van der Waals surface area contributed by atoms with Gasteiger partial charge in [0.1, 0.15) is 41.2 Å². The van der Waals surface area contributed by atoms with E-state index >= 15 is 4.39 Å². The quantitative estimate of drug-likeness (QED) is 0.0818. The van der Waals surface area contributed by atoms with Gasteiger partial charge in [0.15, 0.2) is 5.78 Å². The summed E-state index contributed by atoms with van der Waals surface area (Å²) in [5.41, 5.74) is 4.74. The predicted molar refractivity (Wildman–Crippen MR) is 246 cm³/mol. The Morgan fingerprint density at radius 1 is 0.846 bits per heavy atom. The molecule has 332 valence electrons. The number of aromatic nitrogens is 3. The fraction of sp³-hybridized carbons (Fsp3) is 0.306. The number of ketones is 1. The molecule has 3 fully saturated rings. The predicted octanol–water partition coefficient (Wildman–Crippen LogP) is 7.71. The molecule has 14 nitrogen and oxygen atoms in total. The Labute approximate surface area is 379 Å². The maximum atomic E-state index is 15.8. The van der Waals surface area contributed by atoms with Crippen LogP contribution in [0.4, 0.5) is 27.3 Å². The van der Waals surface area contributed by atoms with E-state index < -0.39 is 11.9 Å². The smallest absolute Gasteiger partial charge is 0.255 e. The number of hydrogen-bond donors (Lipinski definition) is 3. The number of halogens is 2. The Morgan fingerprint density at radius 3 is 2.43 bits per heavy atom. The summed E-state index contributed by atoms with van der Waals surface area (Å²) >= 11 is 6.61. The van der Waals surface area contributed by atoms with Gasteiger partial charge in [-0.25, -0.2) is 14.4 Å². The zero-order valence-electron chi connectivity index (χ0n) is 35.6. The van der Waals surface area contributed by atoms with Crippen molar-refractivity contribution in [3.05, 3.63) is 131 Å². The number of piperidine rings is 2. The number of aromatic amines is 1. The number of piperazine rings is 1. The van der Waals surface area contributed by atoms with Gasteiger partial charge in [0, 0.05) is 87.0 Å². The molecule has 2 aromatic heterocycles. The summed E-state index contributed by atoms with van der Waals surface area (Å²) in [4.78, 5) is 71.5. The van der Waals surface area contributed by atoms with Crippen molar-refractivity contribution in [1.29, 1.82) is 0 Å². The van der Waals surface area contributed by atoms with Crippen molar-refractivity contribution in [2.45, 2.75) is 44.7 Å². The van der Waals surface area contributed by atoms with E-state index in [4.69, 9.17) is 16.3 Å². The van der Waals surface area contributed by atoms with Crippen LogP contribution in [0.5, 0.6) is 11.5 Å². The summed E-state index contributed by atoms with van der Waals surface area (Å²) in [7, 11) is 0. The fourth-order valence-corrected chi connectivity index (χ4v) is 9.80. The van der Waals surface area contributed by atoms with Gasteiger partial charge in [0.25, 0.3) is 5.91 Å². The van der Waals surface area contributed by atoms with Crippen LogP contribution in [0.2, 0.25) is 5.02 Å². The molecule has 0 saturated carbocycles. The maximum Gasteiger partial charge on any atom is 0.255 e. The number of benzene rings is 4. The van der Waals surface area contributed by atoms with Crippen molar-refractivity contribution in [1.82, 2.24) is 30.1 Å².